The minimum atomic E-state index is 0.258. The van der Waals surface area contributed by atoms with Gasteiger partial charge < -0.3 is 4.74 Å². The Bertz CT molecular complexity index is 629. The number of aryl methyl sites for hydroxylation is 2. The van der Waals surface area contributed by atoms with Gasteiger partial charge in [0, 0.05) is 11.6 Å². The summed E-state index contributed by atoms with van der Waals surface area (Å²) < 4.78 is 5.94. The Balaban J connectivity index is 2.35. The molecule has 4 nitrogen and oxygen atoms in total. The first-order chi connectivity index (χ1) is 10.0. The average molecular weight is 306 g/mol. The molecule has 0 saturated heterocycles. The molecule has 0 fully saturated rings. The first kappa shape index (κ1) is 15.7. The van der Waals surface area contributed by atoms with E-state index >= 15 is 0 Å². The maximum atomic E-state index is 5.99. The van der Waals surface area contributed by atoms with Crippen molar-refractivity contribution in [2.45, 2.75) is 45.9 Å². The van der Waals surface area contributed by atoms with E-state index in [1.165, 1.54) is 0 Å². The van der Waals surface area contributed by atoms with Crippen LogP contribution in [0.3, 0.4) is 0 Å². The van der Waals surface area contributed by atoms with Crippen LogP contribution < -0.4 is 4.74 Å². The highest BCUT2D eigenvalue weighted by Gasteiger charge is 2.13. The van der Waals surface area contributed by atoms with Crippen molar-refractivity contribution in [3.63, 3.8) is 0 Å². The molecule has 0 radical (unpaired) electrons. The SMILES string of the molecule is CCc1nc(C)ccc1Oc1cnc(C(C)C)nc1CCl. The summed E-state index contributed by atoms with van der Waals surface area (Å²) in [6.07, 6.45) is 2.50. The van der Waals surface area contributed by atoms with Crippen LogP contribution >= 0.6 is 11.6 Å². The molecule has 0 bridgehead atoms. The summed E-state index contributed by atoms with van der Waals surface area (Å²) in [5.41, 5.74) is 2.60. The number of ether oxygens (including phenoxy) is 1. The van der Waals surface area contributed by atoms with Gasteiger partial charge in [-0.15, -0.1) is 11.6 Å². The number of alkyl halides is 1. The number of nitrogens with zero attached hydrogens (tertiary/aromatic N) is 3. The van der Waals surface area contributed by atoms with E-state index in [1.54, 1.807) is 6.20 Å². The molecular formula is C16H20ClN3O. The van der Waals surface area contributed by atoms with E-state index in [0.29, 0.717) is 17.3 Å². The van der Waals surface area contributed by atoms with Crippen LogP contribution in [0.25, 0.3) is 0 Å². The molecule has 0 aliphatic rings. The quantitative estimate of drug-likeness (QED) is 0.768. The van der Waals surface area contributed by atoms with Gasteiger partial charge in [0.15, 0.2) is 5.75 Å². The number of rotatable bonds is 5. The lowest BCUT2D eigenvalue weighted by molar-refractivity contribution is 0.461. The fraction of sp³-hybridized carbons (Fsp3) is 0.438. The molecule has 0 N–H and O–H groups in total. The highest BCUT2D eigenvalue weighted by atomic mass is 35.5. The van der Waals surface area contributed by atoms with Crippen molar-refractivity contribution >= 4 is 11.6 Å². The molecule has 2 aromatic rings. The van der Waals surface area contributed by atoms with E-state index in [4.69, 9.17) is 16.3 Å². The van der Waals surface area contributed by atoms with E-state index in [1.807, 2.05) is 32.9 Å². The van der Waals surface area contributed by atoms with Crippen molar-refractivity contribution in [1.29, 1.82) is 0 Å². The minimum Gasteiger partial charge on any atom is -0.452 e. The summed E-state index contributed by atoms with van der Waals surface area (Å²) in [7, 11) is 0. The molecule has 0 aliphatic carbocycles. The summed E-state index contributed by atoms with van der Waals surface area (Å²) in [4.78, 5) is 13.3. The zero-order valence-electron chi connectivity index (χ0n) is 12.9. The van der Waals surface area contributed by atoms with E-state index in [0.717, 1.165) is 29.4 Å². The molecule has 2 aromatic heterocycles. The van der Waals surface area contributed by atoms with Crippen LogP contribution in [-0.2, 0) is 12.3 Å². The summed E-state index contributed by atoms with van der Waals surface area (Å²) in [5.74, 6) is 2.65. The van der Waals surface area contributed by atoms with Gasteiger partial charge in [-0.3, -0.25) is 4.98 Å². The topological polar surface area (TPSA) is 47.9 Å². The lowest BCUT2D eigenvalue weighted by atomic mass is 10.2. The van der Waals surface area contributed by atoms with Crippen molar-refractivity contribution < 1.29 is 4.74 Å². The lowest BCUT2D eigenvalue weighted by Gasteiger charge is -2.13. The summed E-state index contributed by atoms with van der Waals surface area (Å²) in [5, 5.41) is 0. The zero-order valence-corrected chi connectivity index (χ0v) is 13.6. The Morgan fingerprint density at radius 3 is 2.52 bits per heavy atom. The summed E-state index contributed by atoms with van der Waals surface area (Å²) in [6, 6.07) is 3.85. The second-order valence-electron chi connectivity index (χ2n) is 5.18. The van der Waals surface area contributed by atoms with E-state index in [-0.39, 0.29) is 5.92 Å². The standard InChI is InChI=1S/C16H20ClN3O/c1-5-12-14(7-6-11(4)19-12)21-15-9-18-16(10(2)3)20-13(15)8-17/h6-7,9-10H,5,8H2,1-4H3. The van der Waals surface area contributed by atoms with Crippen LogP contribution in [0, 0.1) is 6.92 Å². The fourth-order valence-electron chi connectivity index (χ4n) is 1.94. The number of pyridine rings is 1. The third-order valence-corrected chi connectivity index (χ3v) is 3.37. The first-order valence-corrected chi connectivity index (χ1v) is 7.64. The Morgan fingerprint density at radius 1 is 1.14 bits per heavy atom. The van der Waals surface area contributed by atoms with E-state index in [2.05, 4.69) is 21.9 Å². The van der Waals surface area contributed by atoms with Gasteiger partial charge in [-0.05, 0) is 25.5 Å². The molecule has 0 spiro atoms. The van der Waals surface area contributed by atoms with Crippen molar-refractivity contribution in [3.8, 4) is 11.5 Å². The van der Waals surface area contributed by atoms with Gasteiger partial charge in [0.2, 0.25) is 0 Å². The molecule has 2 rings (SSSR count). The molecule has 112 valence electrons. The molecule has 0 aliphatic heterocycles. The van der Waals surface area contributed by atoms with Crippen molar-refractivity contribution in [3.05, 3.63) is 41.2 Å². The molecule has 2 heterocycles. The maximum Gasteiger partial charge on any atom is 0.168 e. The van der Waals surface area contributed by atoms with E-state index in [9.17, 15) is 0 Å². The molecule has 0 saturated carbocycles. The Kier molecular flexibility index (Phi) is 5.12. The first-order valence-electron chi connectivity index (χ1n) is 7.11. The lowest BCUT2D eigenvalue weighted by Crippen LogP contribution is -2.03. The third-order valence-electron chi connectivity index (χ3n) is 3.12. The van der Waals surface area contributed by atoms with Gasteiger partial charge in [0.1, 0.15) is 17.3 Å². The largest absolute Gasteiger partial charge is 0.452 e. The normalized spacial score (nSPS) is 11.0. The van der Waals surface area contributed by atoms with Gasteiger partial charge in [-0.25, -0.2) is 9.97 Å². The third kappa shape index (κ3) is 3.70. The number of hydrogen-bond donors (Lipinski definition) is 0. The average Bonchev–Trinajstić information content (AvgIpc) is 2.49. The number of hydrogen-bond acceptors (Lipinski definition) is 4. The zero-order chi connectivity index (χ0) is 15.4. The second kappa shape index (κ2) is 6.85. The number of halogens is 1. The Morgan fingerprint density at radius 2 is 1.90 bits per heavy atom. The molecular weight excluding hydrogens is 286 g/mol. The van der Waals surface area contributed by atoms with E-state index < -0.39 is 0 Å². The molecule has 0 aromatic carbocycles. The molecule has 5 heteroatoms. The fourth-order valence-corrected chi connectivity index (χ4v) is 2.13. The van der Waals surface area contributed by atoms with Crippen molar-refractivity contribution in [2.75, 3.05) is 0 Å². The predicted octanol–water partition coefficient (Wildman–Crippen LogP) is 4.40. The van der Waals surface area contributed by atoms with Crippen LogP contribution in [0.1, 0.15) is 49.6 Å². The summed E-state index contributed by atoms with van der Waals surface area (Å²) >= 11 is 5.99. The van der Waals surface area contributed by atoms with Gasteiger partial charge in [0.25, 0.3) is 0 Å². The predicted molar refractivity (Wildman–Crippen MR) is 84.1 cm³/mol. The molecule has 0 atom stereocenters. The van der Waals surface area contributed by atoms with Gasteiger partial charge in [0.05, 0.1) is 17.8 Å². The van der Waals surface area contributed by atoms with Crippen LogP contribution in [0.5, 0.6) is 11.5 Å². The minimum absolute atomic E-state index is 0.258. The van der Waals surface area contributed by atoms with Crippen LogP contribution in [0.15, 0.2) is 18.3 Å². The maximum absolute atomic E-state index is 5.99. The van der Waals surface area contributed by atoms with Crippen LogP contribution in [0.4, 0.5) is 0 Å². The van der Waals surface area contributed by atoms with Crippen LogP contribution in [0.2, 0.25) is 0 Å². The van der Waals surface area contributed by atoms with Gasteiger partial charge in [-0.1, -0.05) is 20.8 Å². The monoisotopic (exact) mass is 305 g/mol. The number of aromatic nitrogens is 3. The van der Waals surface area contributed by atoms with Gasteiger partial charge in [-0.2, -0.15) is 0 Å². The summed E-state index contributed by atoms with van der Waals surface area (Å²) in [6.45, 7) is 8.11. The van der Waals surface area contributed by atoms with Crippen molar-refractivity contribution in [2.24, 2.45) is 0 Å². The highest BCUT2D eigenvalue weighted by molar-refractivity contribution is 6.17. The van der Waals surface area contributed by atoms with Crippen molar-refractivity contribution in [1.82, 2.24) is 15.0 Å². The molecule has 21 heavy (non-hydrogen) atoms. The smallest absolute Gasteiger partial charge is 0.168 e. The Labute approximate surface area is 130 Å². The second-order valence-corrected chi connectivity index (χ2v) is 5.45. The molecule has 0 unspecified atom stereocenters. The van der Waals surface area contributed by atoms with Crippen LogP contribution in [-0.4, -0.2) is 15.0 Å². The Hall–Kier alpha value is -1.68. The molecule has 0 amide bonds. The van der Waals surface area contributed by atoms with Gasteiger partial charge >= 0.3 is 0 Å². The highest BCUT2D eigenvalue weighted by Crippen LogP contribution is 2.28.